The molecule has 0 spiro atoms. The molecule has 1 aliphatic carbocycles. The summed E-state index contributed by atoms with van der Waals surface area (Å²) in [6.45, 7) is 2.63. The summed E-state index contributed by atoms with van der Waals surface area (Å²) >= 11 is 0. The number of aliphatic hydroxyl groups is 1. The fraction of sp³-hybridized carbons (Fsp3) is 0.600. The van der Waals surface area contributed by atoms with E-state index in [1.54, 1.807) is 13.1 Å². The van der Waals surface area contributed by atoms with Gasteiger partial charge in [0, 0.05) is 19.2 Å². The zero-order valence-electron chi connectivity index (χ0n) is 12.6. The number of hydrogen-bond donors (Lipinski definition) is 1. The van der Waals surface area contributed by atoms with E-state index in [4.69, 9.17) is 4.74 Å². The van der Waals surface area contributed by atoms with Gasteiger partial charge in [0.1, 0.15) is 5.75 Å². The van der Waals surface area contributed by atoms with Gasteiger partial charge in [0.25, 0.3) is 0 Å². The average molecular weight is 313 g/mol. The van der Waals surface area contributed by atoms with Crippen LogP contribution in [0.2, 0.25) is 0 Å². The highest BCUT2D eigenvalue weighted by Gasteiger charge is 2.27. The largest absolute Gasteiger partial charge is 0.494 e. The molecule has 5 nitrogen and oxygen atoms in total. The molecule has 1 fully saturated rings. The van der Waals surface area contributed by atoms with Crippen molar-refractivity contribution >= 4 is 10.0 Å². The number of benzene rings is 1. The minimum Gasteiger partial charge on any atom is -0.494 e. The topological polar surface area (TPSA) is 66.8 Å². The number of aliphatic hydroxyl groups excluding tert-OH is 1. The standard InChI is InChI=1S/C15H23NO4S/c1-3-20-15-8-7-14(9-13(15)11-17)21(18,19)16(2)10-12-5-4-6-12/h7-9,12,17H,3-6,10-11H2,1-2H3. The zero-order chi connectivity index (χ0) is 15.5. The third-order valence-electron chi connectivity index (χ3n) is 3.95. The first-order chi connectivity index (χ1) is 9.98. The molecule has 0 radical (unpaired) electrons. The van der Waals surface area contributed by atoms with Crippen molar-refractivity contribution in [1.29, 1.82) is 0 Å². The lowest BCUT2D eigenvalue weighted by atomic mass is 9.86. The summed E-state index contributed by atoms with van der Waals surface area (Å²) in [6, 6.07) is 4.65. The van der Waals surface area contributed by atoms with Gasteiger partial charge in [0.2, 0.25) is 10.0 Å². The molecule has 118 valence electrons. The minimum absolute atomic E-state index is 0.205. The molecule has 0 heterocycles. The molecule has 1 aromatic carbocycles. The van der Waals surface area contributed by atoms with Crippen LogP contribution in [0.25, 0.3) is 0 Å². The number of nitrogens with zero attached hydrogens (tertiary/aromatic N) is 1. The Hall–Kier alpha value is -1.11. The lowest BCUT2D eigenvalue weighted by Gasteiger charge is -2.29. The van der Waals surface area contributed by atoms with Gasteiger partial charge in [-0.2, -0.15) is 0 Å². The summed E-state index contributed by atoms with van der Waals surface area (Å²) < 4.78 is 31.9. The molecule has 6 heteroatoms. The van der Waals surface area contributed by atoms with Crippen molar-refractivity contribution in [3.63, 3.8) is 0 Å². The molecule has 2 rings (SSSR count). The van der Waals surface area contributed by atoms with Gasteiger partial charge in [0.05, 0.1) is 18.1 Å². The molecule has 21 heavy (non-hydrogen) atoms. The highest BCUT2D eigenvalue weighted by Crippen LogP contribution is 2.29. The highest BCUT2D eigenvalue weighted by molar-refractivity contribution is 7.89. The summed E-state index contributed by atoms with van der Waals surface area (Å²) in [7, 11) is -1.89. The van der Waals surface area contributed by atoms with Gasteiger partial charge in [-0.25, -0.2) is 12.7 Å². The Labute approximate surface area is 126 Å². The van der Waals surface area contributed by atoms with Gasteiger partial charge in [-0.1, -0.05) is 6.42 Å². The van der Waals surface area contributed by atoms with Crippen LogP contribution in [0.4, 0.5) is 0 Å². The van der Waals surface area contributed by atoms with E-state index in [9.17, 15) is 13.5 Å². The van der Waals surface area contributed by atoms with Crippen LogP contribution >= 0.6 is 0 Å². The number of hydrogen-bond acceptors (Lipinski definition) is 4. The average Bonchev–Trinajstić information content (AvgIpc) is 2.43. The van der Waals surface area contributed by atoms with Crippen LogP contribution in [0.3, 0.4) is 0 Å². The van der Waals surface area contributed by atoms with Crippen LogP contribution in [0.1, 0.15) is 31.7 Å². The van der Waals surface area contributed by atoms with E-state index in [0.29, 0.717) is 30.4 Å². The lowest BCUT2D eigenvalue weighted by molar-refractivity contribution is 0.262. The summed E-state index contributed by atoms with van der Waals surface area (Å²) in [5.74, 6) is 1.00. The predicted molar refractivity (Wildman–Crippen MR) is 80.7 cm³/mol. The maximum atomic E-state index is 12.5. The fourth-order valence-electron chi connectivity index (χ4n) is 2.45. The van der Waals surface area contributed by atoms with E-state index < -0.39 is 10.0 Å². The van der Waals surface area contributed by atoms with Gasteiger partial charge >= 0.3 is 0 Å². The van der Waals surface area contributed by atoms with Gasteiger partial charge < -0.3 is 9.84 Å². The van der Waals surface area contributed by atoms with Crippen LogP contribution in [-0.4, -0.2) is 38.0 Å². The van der Waals surface area contributed by atoms with Crippen molar-refractivity contribution in [2.45, 2.75) is 37.7 Å². The van der Waals surface area contributed by atoms with E-state index in [-0.39, 0.29) is 11.5 Å². The maximum absolute atomic E-state index is 12.5. The Kier molecular flexibility index (Phi) is 5.24. The molecule has 0 aromatic heterocycles. The first kappa shape index (κ1) is 16.3. The molecule has 0 saturated heterocycles. The van der Waals surface area contributed by atoms with Crippen LogP contribution in [0.15, 0.2) is 23.1 Å². The molecule has 0 atom stereocenters. The summed E-state index contributed by atoms with van der Waals surface area (Å²) in [5.41, 5.74) is 0.495. The Balaban J connectivity index is 2.22. The molecule has 0 bridgehead atoms. The van der Waals surface area contributed by atoms with Crippen LogP contribution in [0.5, 0.6) is 5.75 Å². The Morgan fingerprint density at radius 1 is 1.38 bits per heavy atom. The summed E-state index contributed by atoms with van der Waals surface area (Å²) in [6.07, 6.45) is 3.40. The Morgan fingerprint density at radius 3 is 2.62 bits per heavy atom. The van der Waals surface area contributed by atoms with Crippen molar-refractivity contribution < 1.29 is 18.3 Å². The number of sulfonamides is 1. The second-order valence-electron chi connectivity index (χ2n) is 5.44. The van der Waals surface area contributed by atoms with E-state index in [2.05, 4.69) is 0 Å². The minimum atomic E-state index is -3.51. The van der Waals surface area contributed by atoms with Crippen LogP contribution in [-0.2, 0) is 16.6 Å². The van der Waals surface area contributed by atoms with Gasteiger partial charge in [0.15, 0.2) is 0 Å². The molecular weight excluding hydrogens is 290 g/mol. The lowest BCUT2D eigenvalue weighted by Crippen LogP contribution is -2.34. The predicted octanol–water partition coefficient (Wildman–Crippen LogP) is 2.00. The van der Waals surface area contributed by atoms with E-state index in [1.165, 1.54) is 22.9 Å². The normalized spacial score (nSPS) is 16.0. The van der Waals surface area contributed by atoms with Gasteiger partial charge in [-0.3, -0.25) is 0 Å². The van der Waals surface area contributed by atoms with Crippen molar-refractivity contribution in [3.8, 4) is 5.75 Å². The van der Waals surface area contributed by atoms with Crippen molar-refractivity contribution in [2.75, 3.05) is 20.2 Å². The molecule has 1 saturated carbocycles. The second kappa shape index (κ2) is 6.77. The van der Waals surface area contributed by atoms with E-state index >= 15 is 0 Å². The SMILES string of the molecule is CCOc1ccc(S(=O)(=O)N(C)CC2CCC2)cc1CO. The summed E-state index contributed by atoms with van der Waals surface area (Å²) in [4.78, 5) is 0.205. The highest BCUT2D eigenvalue weighted by atomic mass is 32.2. The third-order valence-corrected chi connectivity index (χ3v) is 5.77. The van der Waals surface area contributed by atoms with E-state index in [1.807, 2.05) is 6.92 Å². The van der Waals surface area contributed by atoms with E-state index in [0.717, 1.165) is 12.8 Å². The number of ether oxygens (including phenoxy) is 1. The Bertz CT molecular complexity index is 581. The maximum Gasteiger partial charge on any atom is 0.242 e. The zero-order valence-corrected chi connectivity index (χ0v) is 13.4. The van der Waals surface area contributed by atoms with Gasteiger partial charge in [-0.15, -0.1) is 0 Å². The molecule has 1 aliphatic rings. The van der Waals surface area contributed by atoms with Crippen LogP contribution in [0, 0.1) is 5.92 Å². The molecule has 0 amide bonds. The Morgan fingerprint density at radius 2 is 2.10 bits per heavy atom. The molecule has 0 aliphatic heterocycles. The third kappa shape index (κ3) is 3.56. The molecule has 1 N–H and O–H groups in total. The van der Waals surface area contributed by atoms with Crippen molar-refractivity contribution in [3.05, 3.63) is 23.8 Å². The molecule has 0 unspecified atom stereocenters. The van der Waals surface area contributed by atoms with Crippen molar-refractivity contribution in [2.24, 2.45) is 5.92 Å². The first-order valence-corrected chi connectivity index (χ1v) is 8.76. The van der Waals surface area contributed by atoms with Crippen LogP contribution < -0.4 is 4.74 Å². The monoisotopic (exact) mass is 313 g/mol. The van der Waals surface area contributed by atoms with Gasteiger partial charge in [-0.05, 0) is 43.9 Å². The molecular formula is C15H23NO4S. The number of rotatable bonds is 7. The first-order valence-electron chi connectivity index (χ1n) is 7.32. The molecule has 1 aromatic rings. The van der Waals surface area contributed by atoms with Crippen molar-refractivity contribution in [1.82, 2.24) is 4.31 Å². The summed E-state index contributed by atoms with van der Waals surface area (Å²) in [5, 5.41) is 9.38. The quantitative estimate of drug-likeness (QED) is 0.836. The fourth-order valence-corrected chi connectivity index (χ4v) is 3.75. The smallest absolute Gasteiger partial charge is 0.242 e. The second-order valence-corrected chi connectivity index (χ2v) is 7.49.